The summed E-state index contributed by atoms with van der Waals surface area (Å²) >= 11 is 0. The van der Waals surface area contributed by atoms with Crippen molar-refractivity contribution in [2.75, 3.05) is 13.2 Å². The zero-order valence-electron chi connectivity index (χ0n) is 16.0. The molecule has 2 N–H and O–H groups in total. The molecule has 3 rings (SSSR count). The second-order valence-electron chi connectivity index (χ2n) is 6.54. The maximum absolute atomic E-state index is 12.3. The first-order chi connectivity index (χ1) is 14.0. The number of carboxylic acid groups (broad SMARTS) is 1. The molecule has 0 spiro atoms. The first-order valence-corrected chi connectivity index (χ1v) is 9.31. The monoisotopic (exact) mass is 398 g/mol. The Hall–Kier alpha value is -3.32. The van der Waals surface area contributed by atoms with Crippen molar-refractivity contribution < 1.29 is 28.9 Å². The Balaban J connectivity index is 1.68. The van der Waals surface area contributed by atoms with Crippen molar-refractivity contribution in [1.29, 1.82) is 0 Å². The predicted octanol–water partition coefficient (Wildman–Crippen LogP) is 3.26. The fourth-order valence-corrected chi connectivity index (χ4v) is 2.94. The Morgan fingerprint density at radius 1 is 1.07 bits per heavy atom. The smallest absolute Gasteiger partial charge is 0.371 e. The normalized spacial score (nSPS) is 11.9. The first kappa shape index (κ1) is 20.4. The van der Waals surface area contributed by atoms with Gasteiger partial charge in [0.15, 0.2) is 5.43 Å². The summed E-state index contributed by atoms with van der Waals surface area (Å²) in [5.74, 6) is -0.843. The van der Waals surface area contributed by atoms with E-state index in [1.54, 1.807) is 12.1 Å². The van der Waals surface area contributed by atoms with E-state index >= 15 is 0 Å². The number of hydrogen-bond acceptors (Lipinski definition) is 6. The number of hydrogen-bond donors (Lipinski definition) is 2. The molecule has 0 radical (unpaired) electrons. The van der Waals surface area contributed by atoms with E-state index in [1.165, 1.54) is 6.07 Å². The largest absolute Gasteiger partial charge is 0.490 e. The van der Waals surface area contributed by atoms with Crippen LogP contribution in [0.3, 0.4) is 0 Å². The predicted molar refractivity (Wildman–Crippen MR) is 107 cm³/mol. The van der Waals surface area contributed by atoms with E-state index in [-0.39, 0.29) is 29.9 Å². The summed E-state index contributed by atoms with van der Waals surface area (Å²) in [5, 5.41) is 19.4. The molecule has 0 aliphatic rings. The third kappa shape index (κ3) is 4.94. The van der Waals surface area contributed by atoms with E-state index in [2.05, 4.69) is 6.92 Å². The van der Waals surface area contributed by atoms with Crippen LogP contribution in [-0.4, -0.2) is 35.5 Å². The molecule has 7 nitrogen and oxygen atoms in total. The number of aromatic carboxylic acids is 1. The van der Waals surface area contributed by atoms with Gasteiger partial charge in [0.05, 0.1) is 0 Å². The van der Waals surface area contributed by atoms with Crippen molar-refractivity contribution in [2.45, 2.75) is 25.9 Å². The van der Waals surface area contributed by atoms with Gasteiger partial charge in [-0.3, -0.25) is 4.79 Å². The van der Waals surface area contributed by atoms with E-state index in [0.29, 0.717) is 0 Å². The quantitative estimate of drug-likeness (QED) is 0.570. The summed E-state index contributed by atoms with van der Waals surface area (Å²) in [5.41, 5.74) is 0.647. The highest BCUT2D eigenvalue weighted by Gasteiger charge is 2.15. The van der Waals surface area contributed by atoms with E-state index < -0.39 is 23.3 Å². The van der Waals surface area contributed by atoms with Gasteiger partial charge in [-0.05, 0) is 30.2 Å². The van der Waals surface area contributed by atoms with Crippen molar-refractivity contribution in [3.05, 3.63) is 70.1 Å². The number of rotatable bonds is 9. The van der Waals surface area contributed by atoms with Crippen LogP contribution in [-0.2, 0) is 6.42 Å². The fourth-order valence-electron chi connectivity index (χ4n) is 2.94. The van der Waals surface area contributed by atoms with Gasteiger partial charge < -0.3 is 24.1 Å². The molecule has 1 aromatic heterocycles. The van der Waals surface area contributed by atoms with Gasteiger partial charge in [0, 0.05) is 6.07 Å². The lowest BCUT2D eigenvalue weighted by atomic mass is 10.1. The second kappa shape index (κ2) is 9.25. The van der Waals surface area contributed by atoms with Gasteiger partial charge in [0.1, 0.15) is 41.8 Å². The molecule has 152 valence electrons. The van der Waals surface area contributed by atoms with Crippen LogP contribution < -0.4 is 14.9 Å². The molecular formula is C22H22O7. The van der Waals surface area contributed by atoms with Crippen molar-refractivity contribution in [3.63, 3.8) is 0 Å². The Morgan fingerprint density at radius 3 is 2.48 bits per heavy atom. The molecule has 0 saturated carbocycles. The summed E-state index contributed by atoms with van der Waals surface area (Å²) in [6.45, 7) is 2.01. The number of aryl methyl sites for hydroxylation is 1. The number of benzene rings is 2. The lowest BCUT2D eigenvalue weighted by Crippen LogP contribution is -2.25. The molecule has 0 saturated heterocycles. The van der Waals surface area contributed by atoms with Gasteiger partial charge in [0.2, 0.25) is 5.76 Å². The number of aliphatic hydroxyl groups excluding tert-OH is 1. The van der Waals surface area contributed by atoms with Gasteiger partial charge in [-0.15, -0.1) is 0 Å². The molecular weight excluding hydrogens is 376 g/mol. The molecule has 1 unspecified atom stereocenters. The lowest BCUT2D eigenvalue weighted by Gasteiger charge is -2.16. The summed E-state index contributed by atoms with van der Waals surface area (Å²) in [6.07, 6.45) is 0.942. The van der Waals surface area contributed by atoms with Crippen LogP contribution in [0.1, 0.15) is 29.5 Å². The Kier molecular flexibility index (Phi) is 6.51. The Labute approximate surface area is 167 Å². The van der Waals surface area contributed by atoms with Crippen LogP contribution in [0.5, 0.6) is 11.5 Å². The number of carbonyl (C=O) groups is 1. The number of ether oxygens (including phenoxy) is 2. The minimum absolute atomic E-state index is 0.0310. The molecule has 1 atom stereocenters. The summed E-state index contributed by atoms with van der Waals surface area (Å²) in [7, 11) is 0. The maximum Gasteiger partial charge on any atom is 0.371 e. The van der Waals surface area contributed by atoms with E-state index in [1.807, 2.05) is 24.3 Å². The molecule has 2 aromatic carbocycles. The third-order valence-corrected chi connectivity index (χ3v) is 4.28. The van der Waals surface area contributed by atoms with Crippen LogP contribution in [0.25, 0.3) is 11.0 Å². The van der Waals surface area contributed by atoms with Gasteiger partial charge in [-0.1, -0.05) is 37.6 Å². The van der Waals surface area contributed by atoms with Crippen LogP contribution in [0.4, 0.5) is 0 Å². The van der Waals surface area contributed by atoms with Gasteiger partial charge in [-0.2, -0.15) is 0 Å². The lowest BCUT2D eigenvalue weighted by molar-refractivity contribution is 0.0628. The molecule has 0 amide bonds. The molecule has 3 aromatic rings. The average Bonchev–Trinajstić information content (AvgIpc) is 2.71. The zero-order chi connectivity index (χ0) is 20.8. The molecule has 0 aliphatic carbocycles. The summed E-state index contributed by atoms with van der Waals surface area (Å²) < 4.78 is 16.5. The third-order valence-electron chi connectivity index (χ3n) is 4.28. The van der Waals surface area contributed by atoms with Crippen LogP contribution in [0, 0.1) is 0 Å². The van der Waals surface area contributed by atoms with Crippen molar-refractivity contribution >= 4 is 16.9 Å². The first-order valence-electron chi connectivity index (χ1n) is 9.31. The Morgan fingerprint density at radius 2 is 1.76 bits per heavy atom. The SMILES string of the molecule is CCCc1ccccc1OCC(O)COc1cccc2oc(C(=O)O)cc(=O)c12. The number of carboxylic acids is 1. The van der Waals surface area contributed by atoms with Gasteiger partial charge in [-0.25, -0.2) is 4.79 Å². The Bertz CT molecular complexity index is 1050. The van der Waals surface area contributed by atoms with Crippen LogP contribution >= 0.6 is 0 Å². The van der Waals surface area contributed by atoms with Crippen molar-refractivity contribution in [3.8, 4) is 11.5 Å². The topological polar surface area (TPSA) is 106 Å². The fraction of sp³-hybridized carbons (Fsp3) is 0.273. The van der Waals surface area contributed by atoms with E-state index in [4.69, 9.17) is 19.0 Å². The number of fused-ring (bicyclic) bond motifs is 1. The van der Waals surface area contributed by atoms with Crippen LogP contribution in [0.2, 0.25) is 0 Å². The minimum atomic E-state index is -1.33. The molecule has 7 heteroatoms. The molecule has 29 heavy (non-hydrogen) atoms. The standard InChI is InChI=1S/C22H22O7/c1-2-6-14-7-3-4-8-17(14)27-12-15(23)13-28-18-9-5-10-19-21(18)16(24)11-20(29-19)22(25)26/h3-5,7-11,15,23H,2,6,12-13H2,1H3,(H,25,26). The molecule has 0 fully saturated rings. The van der Waals surface area contributed by atoms with E-state index in [9.17, 15) is 14.7 Å². The summed E-state index contributed by atoms with van der Waals surface area (Å²) in [4.78, 5) is 23.3. The average molecular weight is 398 g/mol. The van der Waals surface area contributed by atoms with Crippen molar-refractivity contribution in [1.82, 2.24) is 0 Å². The van der Waals surface area contributed by atoms with Gasteiger partial charge >= 0.3 is 5.97 Å². The maximum atomic E-state index is 12.3. The molecule has 1 heterocycles. The second-order valence-corrected chi connectivity index (χ2v) is 6.54. The highest BCUT2D eigenvalue weighted by Crippen LogP contribution is 2.24. The van der Waals surface area contributed by atoms with Crippen molar-refractivity contribution in [2.24, 2.45) is 0 Å². The highest BCUT2D eigenvalue weighted by molar-refractivity contribution is 5.89. The van der Waals surface area contributed by atoms with Crippen LogP contribution in [0.15, 0.2) is 57.7 Å². The molecule has 0 aliphatic heterocycles. The number of aliphatic hydroxyl groups is 1. The molecule has 0 bridgehead atoms. The minimum Gasteiger partial charge on any atom is -0.490 e. The summed E-state index contributed by atoms with van der Waals surface area (Å²) in [6, 6.07) is 13.2. The number of para-hydroxylation sites is 1. The van der Waals surface area contributed by atoms with E-state index in [0.717, 1.165) is 30.2 Å². The highest BCUT2D eigenvalue weighted by atomic mass is 16.5. The van der Waals surface area contributed by atoms with Gasteiger partial charge in [0.25, 0.3) is 0 Å². The zero-order valence-corrected chi connectivity index (χ0v) is 16.0.